The molecule has 9 heavy (non-hydrogen) atoms. The Morgan fingerprint density at radius 1 is 1.44 bits per heavy atom. The first-order chi connectivity index (χ1) is 4.30. The van der Waals surface area contributed by atoms with Crippen molar-refractivity contribution in [3.05, 3.63) is 18.5 Å². The molecule has 0 aromatic carbocycles. The van der Waals surface area contributed by atoms with Crippen molar-refractivity contribution in [2.75, 3.05) is 0 Å². The fourth-order valence-corrected chi connectivity index (χ4v) is 0.401. The fourth-order valence-electron chi connectivity index (χ4n) is 0.401. The quantitative estimate of drug-likeness (QED) is 0.463. The van der Waals surface area contributed by atoms with Gasteiger partial charge in [-0.2, -0.15) is 0 Å². The van der Waals surface area contributed by atoms with E-state index < -0.39 is 6.23 Å². The van der Waals surface area contributed by atoms with E-state index in [-0.39, 0.29) is 5.82 Å². The number of aromatic nitrogens is 3. The van der Waals surface area contributed by atoms with Crippen molar-refractivity contribution in [1.82, 2.24) is 15.0 Å². The van der Waals surface area contributed by atoms with Gasteiger partial charge in [0.2, 0.25) is 0 Å². The summed E-state index contributed by atoms with van der Waals surface area (Å²) in [5, 5.41) is 8.65. The molecule has 0 aliphatic rings. The highest BCUT2D eigenvalue weighted by Gasteiger charge is 2.00. The highest BCUT2D eigenvalue weighted by atomic mass is 16.3. The van der Waals surface area contributed by atoms with Crippen molar-refractivity contribution in [3.63, 3.8) is 0 Å². The third-order valence-electron chi connectivity index (χ3n) is 0.778. The molecule has 0 aliphatic heterocycles. The van der Waals surface area contributed by atoms with E-state index in [1.165, 1.54) is 12.7 Å². The molecule has 1 atom stereocenters. The lowest BCUT2D eigenvalue weighted by molar-refractivity contribution is 0.175. The molecule has 0 aliphatic carbocycles. The molecule has 0 bridgehead atoms. The predicted molar refractivity (Wildman–Crippen MR) is 29.0 cm³/mol. The highest BCUT2D eigenvalue weighted by Crippen LogP contribution is 1.93. The summed E-state index contributed by atoms with van der Waals surface area (Å²) in [5.74, 6) is 0.185. The maximum Gasteiger partial charge on any atom is 0.175 e. The molecule has 1 rings (SSSR count). The Kier molecular flexibility index (Phi) is 1.66. The first-order valence-electron chi connectivity index (χ1n) is 2.36. The standard InChI is InChI=1S/C4H6N4O/c5-3(9)4-7-1-6-2-8-4/h1-3,9H,5H2. The lowest BCUT2D eigenvalue weighted by Gasteiger charge is -1.97. The van der Waals surface area contributed by atoms with Crippen LogP contribution >= 0.6 is 0 Å². The van der Waals surface area contributed by atoms with Crippen LogP contribution in [0.25, 0.3) is 0 Å². The van der Waals surface area contributed by atoms with Crippen LogP contribution in [0.2, 0.25) is 0 Å². The van der Waals surface area contributed by atoms with Crippen LogP contribution in [0.15, 0.2) is 12.7 Å². The van der Waals surface area contributed by atoms with Gasteiger partial charge in [-0.15, -0.1) is 0 Å². The maximum atomic E-state index is 8.65. The molecule has 1 heterocycles. The van der Waals surface area contributed by atoms with Crippen LogP contribution < -0.4 is 5.73 Å². The summed E-state index contributed by atoms with van der Waals surface area (Å²) in [6.45, 7) is 0. The summed E-state index contributed by atoms with van der Waals surface area (Å²) < 4.78 is 0. The van der Waals surface area contributed by atoms with Gasteiger partial charge in [0, 0.05) is 0 Å². The minimum absolute atomic E-state index is 0.185. The van der Waals surface area contributed by atoms with Gasteiger partial charge in [-0.3, -0.25) is 5.73 Å². The minimum Gasteiger partial charge on any atom is -0.371 e. The number of aliphatic hydroxyl groups excluding tert-OH is 1. The summed E-state index contributed by atoms with van der Waals surface area (Å²) in [5.41, 5.74) is 5.02. The monoisotopic (exact) mass is 126 g/mol. The van der Waals surface area contributed by atoms with E-state index in [0.717, 1.165) is 0 Å². The van der Waals surface area contributed by atoms with Crippen LogP contribution in [0.3, 0.4) is 0 Å². The average Bonchev–Trinajstić information content (AvgIpc) is 1.90. The van der Waals surface area contributed by atoms with Crippen LogP contribution in [0.5, 0.6) is 0 Å². The lowest BCUT2D eigenvalue weighted by Crippen LogP contribution is -2.12. The Labute approximate surface area is 51.6 Å². The van der Waals surface area contributed by atoms with Gasteiger partial charge in [-0.05, 0) is 0 Å². The topological polar surface area (TPSA) is 84.9 Å². The fraction of sp³-hybridized carbons (Fsp3) is 0.250. The van der Waals surface area contributed by atoms with Crippen LogP contribution in [0.4, 0.5) is 0 Å². The van der Waals surface area contributed by atoms with E-state index >= 15 is 0 Å². The normalized spacial score (nSPS) is 13.1. The summed E-state index contributed by atoms with van der Waals surface area (Å²) >= 11 is 0. The van der Waals surface area contributed by atoms with Gasteiger partial charge < -0.3 is 5.11 Å². The number of nitrogens with zero attached hydrogens (tertiary/aromatic N) is 3. The van der Waals surface area contributed by atoms with E-state index in [4.69, 9.17) is 10.8 Å². The lowest BCUT2D eigenvalue weighted by atomic mass is 10.5. The SMILES string of the molecule is NC(O)c1ncncn1. The van der Waals surface area contributed by atoms with Crippen molar-refractivity contribution >= 4 is 0 Å². The molecular formula is C4H6N4O. The molecule has 0 saturated carbocycles. The van der Waals surface area contributed by atoms with Crippen LogP contribution in [-0.4, -0.2) is 20.1 Å². The smallest absolute Gasteiger partial charge is 0.175 e. The first-order valence-corrected chi connectivity index (χ1v) is 2.36. The molecule has 5 heteroatoms. The summed E-state index contributed by atoms with van der Waals surface area (Å²) in [6.07, 6.45) is 1.45. The second-order valence-electron chi connectivity index (χ2n) is 1.44. The zero-order valence-electron chi connectivity index (χ0n) is 4.60. The van der Waals surface area contributed by atoms with Crippen molar-refractivity contribution in [2.24, 2.45) is 5.73 Å². The van der Waals surface area contributed by atoms with Crippen molar-refractivity contribution in [1.29, 1.82) is 0 Å². The van der Waals surface area contributed by atoms with E-state index in [2.05, 4.69) is 15.0 Å². The second kappa shape index (κ2) is 2.47. The molecule has 1 aromatic heterocycles. The third-order valence-corrected chi connectivity index (χ3v) is 0.778. The summed E-state index contributed by atoms with van der Waals surface area (Å²) in [4.78, 5) is 10.7. The Morgan fingerprint density at radius 2 is 2.00 bits per heavy atom. The Morgan fingerprint density at radius 3 is 2.33 bits per heavy atom. The minimum atomic E-state index is -1.10. The number of rotatable bonds is 1. The van der Waals surface area contributed by atoms with Gasteiger partial charge in [-0.1, -0.05) is 0 Å². The average molecular weight is 126 g/mol. The second-order valence-corrected chi connectivity index (χ2v) is 1.44. The molecule has 0 amide bonds. The van der Waals surface area contributed by atoms with E-state index in [0.29, 0.717) is 0 Å². The van der Waals surface area contributed by atoms with E-state index in [1.807, 2.05) is 0 Å². The largest absolute Gasteiger partial charge is 0.371 e. The van der Waals surface area contributed by atoms with Crippen LogP contribution in [0, 0.1) is 0 Å². The Hall–Kier alpha value is -1.07. The molecule has 0 spiro atoms. The summed E-state index contributed by atoms with van der Waals surface area (Å²) in [6, 6.07) is 0. The zero-order valence-corrected chi connectivity index (χ0v) is 4.60. The highest BCUT2D eigenvalue weighted by molar-refractivity contribution is 4.83. The van der Waals surface area contributed by atoms with Gasteiger partial charge >= 0.3 is 0 Å². The van der Waals surface area contributed by atoms with E-state index in [1.54, 1.807) is 0 Å². The molecule has 1 aromatic rings. The first kappa shape index (κ1) is 6.06. The maximum absolute atomic E-state index is 8.65. The summed E-state index contributed by atoms with van der Waals surface area (Å²) in [7, 11) is 0. The molecule has 1 unspecified atom stereocenters. The molecule has 0 saturated heterocycles. The van der Waals surface area contributed by atoms with Gasteiger partial charge in [0.1, 0.15) is 12.7 Å². The van der Waals surface area contributed by atoms with Crippen molar-refractivity contribution in [3.8, 4) is 0 Å². The number of aliphatic hydroxyl groups is 1. The molecular weight excluding hydrogens is 120 g/mol. The molecule has 5 nitrogen and oxygen atoms in total. The number of hydrogen-bond acceptors (Lipinski definition) is 5. The van der Waals surface area contributed by atoms with E-state index in [9.17, 15) is 0 Å². The molecule has 3 N–H and O–H groups in total. The number of nitrogens with two attached hydrogens (primary N) is 1. The Balaban J connectivity index is 2.85. The number of hydrogen-bond donors (Lipinski definition) is 2. The van der Waals surface area contributed by atoms with Crippen LogP contribution in [-0.2, 0) is 0 Å². The van der Waals surface area contributed by atoms with Gasteiger partial charge in [0.05, 0.1) is 0 Å². The third kappa shape index (κ3) is 1.41. The van der Waals surface area contributed by atoms with Gasteiger partial charge in [0.25, 0.3) is 0 Å². The molecule has 48 valence electrons. The predicted octanol–water partition coefficient (Wildman–Crippen LogP) is -1.18. The zero-order chi connectivity index (χ0) is 6.69. The van der Waals surface area contributed by atoms with Gasteiger partial charge in [-0.25, -0.2) is 15.0 Å². The Bertz CT molecular complexity index is 175. The van der Waals surface area contributed by atoms with Crippen molar-refractivity contribution < 1.29 is 5.11 Å². The van der Waals surface area contributed by atoms with Crippen LogP contribution in [0.1, 0.15) is 12.1 Å². The van der Waals surface area contributed by atoms with Gasteiger partial charge in [0.15, 0.2) is 12.1 Å². The molecule has 0 fully saturated rings. The van der Waals surface area contributed by atoms with Crippen molar-refractivity contribution in [2.45, 2.75) is 6.23 Å². The molecule has 0 radical (unpaired) electrons.